The maximum Gasteiger partial charge on any atom is 0.270 e. The van der Waals surface area contributed by atoms with Gasteiger partial charge in [-0.3, -0.25) is 9.69 Å². The Labute approximate surface area is 181 Å². The standard InChI is InChI=1S/C23H25NO3S2/c1-6-26-20-12-17(8-10-19(20)27-14(2)3)13-21-22(25)24(23(28)29-21)18-9-7-15(4)11-16(18)5/h7-14H,6H2,1-5H3/b21-13-. The molecule has 2 aromatic carbocycles. The van der Waals surface area contributed by atoms with Crippen LogP contribution in [0.15, 0.2) is 41.3 Å². The number of carbonyl (C=O) groups is 1. The summed E-state index contributed by atoms with van der Waals surface area (Å²) in [6.45, 7) is 10.4. The highest BCUT2D eigenvalue weighted by Crippen LogP contribution is 2.38. The molecule has 0 saturated carbocycles. The molecule has 0 aromatic heterocycles. The van der Waals surface area contributed by atoms with Gasteiger partial charge in [0.1, 0.15) is 0 Å². The maximum atomic E-state index is 13.1. The first-order valence-corrected chi connectivity index (χ1v) is 10.8. The van der Waals surface area contributed by atoms with E-state index in [0.717, 1.165) is 22.4 Å². The van der Waals surface area contributed by atoms with Gasteiger partial charge in [0, 0.05) is 0 Å². The van der Waals surface area contributed by atoms with Gasteiger partial charge in [0.15, 0.2) is 15.8 Å². The molecule has 1 aliphatic rings. The third kappa shape index (κ3) is 4.82. The number of amides is 1. The summed E-state index contributed by atoms with van der Waals surface area (Å²) < 4.78 is 12.1. The van der Waals surface area contributed by atoms with Crippen molar-refractivity contribution in [3.63, 3.8) is 0 Å². The minimum absolute atomic E-state index is 0.0501. The molecule has 0 bridgehead atoms. The normalized spacial score (nSPS) is 15.5. The van der Waals surface area contributed by atoms with Crippen molar-refractivity contribution in [2.24, 2.45) is 0 Å². The van der Waals surface area contributed by atoms with E-state index in [1.165, 1.54) is 11.8 Å². The lowest BCUT2D eigenvalue weighted by Crippen LogP contribution is -2.28. The predicted octanol–water partition coefficient (Wildman–Crippen LogP) is 5.90. The topological polar surface area (TPSA) is 38.8 Å². The van der Waals surface area contributed by atoms with Crippen LogP contribution in [0.2, 0.25) is 0 Å². The Balaban J connectivity index is 1.92. The van der Waals surface area contributed by atoms with E-state index in [-0.39, 0.29) is 12.0 Å². The molecule has 1 fully saturated rings. The number of thioether (sulfide) groups is 1. The smallest absolute Gasteiger partial charge is 0.270 e. The van der Waals surface area contributed by atoms with Gasteiger partial charge in [0.05, 0.1) is 23.3 Å². The lowest BCUT2D eigenvalue weighted by atomic mass is 10.1. The van der Waals surface area contributed by atoms with Crippen molar-refractivity contribution in [3.8, 4) is 11.5 Å². The highest BCUT2D eigenvalue weighted by Gasteiger charge is 2.34. The SMILES string of the molecule is CCOc1cc(/C=C2\SC(=S)N(c3ccc(C)cc3C)C2=O)ccc1OC(C)C. The number of hydrogen-bond acceptors (Lipinski definition) is 5. The van der Waals surface area contributed by atoms with Crippen LogP contribution >= 0.6 is 24.0 Å². The van der Waals surface area contributed by atoms with E-state index in [1.54, 1.807) is 4.90 Å². The monoisotopic (exact) mass is 427 g/mol. The van der Waals surface area contributed by atoms with Gasteiger partial charge in [-0.15, -0.1) is 0 Å². The highest BCUT2D eigenvalue weighted by atomic mass is 32.2. The molecule has 0 aliphatic carbocycles. The third-order valence-corrected chi connectivity index (χ3v) is 5.62. The van der Waals surface area contributed by atoms with Crippen LogP contribution in [0.3, 0.4) is 0 Å². The van der Waals surface area contributed by atoms with Crippen molar-refractivity contribution in [3.05, 3.63) is 58.0 Å². The van der Waals surface area contributed by atoms with Crippen LogP contribution in [0.5, 0.6) is 11.5 Å². The van der Waals surface area contributed by atoms with Crippen molar-refractivity contribution in [2.75, 3.05) is 11.5 Å². The summed E-state index contributed by atoms with van der Waals surface area (Å²) in [5.74, 6) is 1.26. The van der Waals surface area contributed by atoms with E-state index in [0.29, 0.717) is 27.3 Å². The number of rotatable bonds is 6. The van der Waals surface area contributed by atoms with Gasteiger partial charge in [-0.2, -0.15) is 0 Å². The first kappa shape index (κ1) is 21.4. The Kier molecular flexibility index (Phi) is 6.65. The molecule has 0 radical (unpaired) electrons. The van der Waals surface area contributed by atoms with Crippen molar-refractivity contribution < 1.29 is 14.3 Å². The van der Waals surface area contributed by atoms with E-state index in [2.05, 4.69) is 6.07 Å². The fourth-order valence-corrected chi connectivity index (χ4v) is 4.40. The first-order chi connectivity index (χ1) is 13.8. The molecule has 6 heteroatoms. The van der Waals surface area contributed by atoms with E-state index >= 15 is 0 Å². The van der Waals surface area contributed by atoms with Gasteiger partial charge in [-0.25, -0.2) is 0 Å². The molecule has 29 heavy (non-hydrogen) atoms. The molecule has 1 amide bonds. The summed E-state index contributed by atoms with van der Waals surface area (Å²) >= 11 is 6.82. The van der Waals surface area contributed by atoms with E-state index < -0.39 is 0 Å². The molecule has 1 aliphatic heterocycles. The second kappa shape index (κ2) is 9.01. The van der Waals surface area contributed by atoms with Crippen LogP contribution in [0.4, 0.5) is 5.69 Å². The molecule has 1 saturated heterocycles. The second-order valence-electron chi connectivity index (χ2n) is 7.11. The van der Waals surface area contributed by atoms with Crippen LogP contribution in [-0.4, -0.2) is 22.9 Å². The molecular weight excluding hydrogens is 402 g/mol. The van der Waals surface area contributed by atoms with E-state index in [1.807, 2.05) is 71.0 Å². The molecule has 2 aromatic rings. The Bertz CT molecular complexity index is 982. The Morgan fingerprint density at radius 3 is 2.55 bits per heavy atom. The minimum atomic E-state index is -0.104. The average molecular weight is 428 g/mol. The number of thiocarbonyl (C=S) groups is 1. The summed E-state index contributed by atoms with van der Waals surface area (Å²) in [6, 6.07) is 11.7. The number of hydrogen-bond donors (Lipinski definition) is 0. The van der Waals surface area contributed by atoms with Crippen LogP contribution in [0.1, 0.15) is 37.5 Å². The molecule has 1 heterocycles. The first-order valence-electron chi connectivity index (χ1n) is 9.59. The average Bonchev–Trinajstić information content (AvgIpc) is 2.91. The van der Waals surface area contributed by atoms with Crippen LogP contribution in [0, 0.1) is 13.8 Å². The number of anilines is 1. The van der Waals surface area contributed by atoms with Gasteiger partial charge in [-0.05, 0) is 70.0 Å². The third-order valence-electron chi connectivity index (χ3n) is 4.31. The van der Waals surface area contributed by atoms with Crippen molar-refractivity contribution in [1.82, 2.24) is 0 Å². The van der Waals surface area contributed by atoms with E-state index in [4.69, 9.17) is 21.7 Å². The Morgan fingerprint density at radius 2 is 1.90 bits per heavy atom. The zero-order valence-electron chi connectivity index (χ0n) is 17.3. The fraction of sp³-hybridized carbons (Fsp3) is 0.304. The largest absolute Gasteiger partial charge is 0.490 e. The molecule has 0 spiro atoms. The van der Waals surface area contributed by atoms with Gasteiger partial charge in [-0.1, -0.05) is 47.7 Å². The van der Waals surface area contributed by atoms with Crippen molar-refractivity contribution >= 4 is 46.0 Å². The molecule has 0 N–H and O–H groups in total. The molecule has 0 unspecified atom stereocenters. The van der Waals surface area contributed by atoms with Crippen LogP contribution in [-0.2, 0) is 4.79 Å². The van der Waals surface area contributed by atoms with E-state index in [9.17, 15) is 4.79 Å². The van der Waals surface area contributed by atoms with Gasteiger partial charge < -0.3 is 9.47 Å². The molecule has 4 nitrogen and oxygen atoms in total. The summed E-state index contributed by atoms with van der Waals surface area (Å²) in [5, 5.41) is 0. The molecule has 3 rings (SSSR count). The molecule has 0 atom stereocenters. The summed E-state index contributed by atoms with van der Waals surface area (Å²) in [5.41, 5.74) is 3.87. The Hall–Kier alpha value is -2.31. The number of nitrogens with zero attached hydrogens (tertiary/aromatic N) is 1. The zero-order valence-corrected chi connectivity index (χ0v) is 18.9. The van der Waals surface area contributed by atoms with Gasteiger partial charge >= 0.3 is 0 Å². The number of aryl methyl sites for hydroxylation is 2. The van der Waals surface area contributed by atoms with Gasteiger partial charge in [0.25, 0.3) is 5.91 Å². The maximum absolute atomic E-state index is 13.1. The molecular formula is C23H25NO3S2. The summed E-state index contributed by atoms with van der Waals surface area (Å²) in [7, 11) is 0. The molecule has 152 valence electrons. The zero-order chi connectivity index (χ0) is 21.1. The Morgan fingerprint density at radius 1 is 1.14 bits per heavy atom. The van der Waals surface area contributed by atoms with Gasteiger partial charge in [0.2, 0.25) is 0 Å². The number of ether oxygens (including phenoxy) is 2. The van der Waals surface area contributed by atoms with Crippen LogP contribution < -0.4 is 14.4 Å². The number of carbonyl (C=O) groups excluding carboxylic acids is 1. The number of benzene rings is 2. The summed E-state index contributed by atoms with van der Waals surface area (Å²) in [4.78, 5) is 15.3. The van der Waals surface area contributed by atoms with Crippen molar-refractivity contribution in [2.45, 2.75) is 40.7 Å². The quantitative estimate of drug-likeness (QED) is 0.424. The minimum Gasteiger partial charge on any atom is -0.490 e. The lowest BCUT2D eigenvalue weighted by Gasteiger charge is -2.17. The fourth-order valence-electron chi connectivity index (χ4n) is 3.12. The second-order valence-corrected chi connectivity index (χ2v) is 8.79. The predicted molar refractivity (Wildman–Crippen MR) is 125 cm³/mol. The van der Waals surface area contributed by atoms with Crippen molar-refractivity contribution in [1.29, 1.82) is 0 Å². The summed E-state index contributed by atoms with van der Waals surface area (Å²) in [6.07, 6.45) is 1.90. The lowest BCUT2D eigenvalue weighted by molar-refractivity contribution is -0.113. The highest BCUT2D eigenvalue weighted by molar-refractivity contribution is 8.27. The van der Waals surface area contributed by atoms with Crippen LogP contribution in [0.25, 0.3) is 6.08 Å².